The van der Waals surface area contributed by atoms with Crippen molar-refractivity contribution in [3.05, 3.63) is 36.9 Å². The molecule has 0 unspecified atom stereocenters. The second-order valence-corrected chi connectivity index (χ2v) is 8.80. The summed E-state index contributed by atoms with van der Waals surface area (Å²) in [6.07, 6.45) is 6.24. The number of amides is 1. The third-order valence-corrected chi connectivity index (χ3v) is 5.33. The average Bonchev–Trinajstić information content (AvgIpc) is 2.82. The number of carbonyl (C=O) groups excluding carboxylic acids is 1. The van der Waals surface area contributed by atoms with E-state index in [1.165, 1.54) is 0 Å². The number of aromatic nitrogens is 4. The molecule has 0 spiro atoms. The summed E-state index contributed by atoms with van der Waals surface area (Å²) in [6, 6.07) is 3.24. The number of pyridine rings is 2. The van der Waals surface area contributed by atoms with Gasteiger partial charge in [0.2, 0.25) is 0 Å². The number of aliphatic hydroxyl groups is 1. The summed E-state index contributed by atoms with van der Waals surface area (Å²) in [7, 11) is 1.58. The third-order valence-electron chi connectivity index (χ3n) is 5.33. The van der Waals surface area contributed by atoms with Crippen LogP contribution in [0.2, 0.25) is 0 Å². The number of rotatable bonds is 4. The molecule has 33 heavy (non-hydrogen) atoms. The van der Waals surface area contributed by atoms with E-state index in [1.54, 1.807) is 36.8 Å². The van der Waals surface area contributed by atoms with E-state index in [-0.39, 0.29) is 6.61 Å². The second-order valence-electron chi connectivity index (χ2n) is 8.80. The van der Waals surface area contributed by atoms with Crippen LogP contribution in [0, 0.1) is 0 Å². The molecule has 10 heteroatoms. The molecule has 0 aromatic carbocycles. The Morgan fingerprint density at radius 1 is 1.15 bits per heavy atom. The van der Waals surface area contributed by atoms with E-state index in [2.05, 4.69) is 9.97 Å². The molecule has 1 N–H and O–H groups in total. The molecule has 1 atom stereocenters. The fourth-order valence-electron chi connectivity index (χ4n) is 3.81. The number of aliphatic hydroxyl groups excluding tert-OH is 1. The zero-order valence-electron chi connectivity index (χ0n) is 19.2. The van der Waals surface area contributed by atoms with Crippen LogP contribution in [-0.4, -0.2) is 81.0 Å². The molecule has 0 radical (unpaired) electrons. The summed E-state index contributed by atoms with van der Waals surface area (Å²) in [4.78, 5) is 34.2. The molecular formula is C23H28N6O4. The van der Waals surface area contributed by atoms with Crippen molar-refractivity contribution in [1.82, 2.24) is 24.8 Å². The van der Waals surface area contributed by atoms with E-state index < -0.39 is 17.7 Å². The van der Waals surface area contributed by atoms with Crippen molar-refractivity contribution in [1.29, 1.82) is 0 Å². The van der Waals surface area contributed by atoms with Crippen molar-refractivity contribution in [2.45, 2.75) is 32.4 Å². The lowest BCUT2D eigenvalue weighted by molar-refractivity contribution is 0.00701. The Kier molecular flexibility index (Phi) is 6.28. The normalized spacial score (nSPS) is 16.7. The number of carbonyl (C=O) groups is 1. The maximum absolute atomic E-state index is 12.7. The van der Waals surface area contributed by atoms with Crippen LogP contribution < -0.4 is 9.64 Å². The summed E-state index contributed by atoms with van der Waals surface area (Å²) in [6.45, 7) is 6.53. The smallest absolute Gasteiger partial charge is 0.410 e. The third kappa shape index (κ3) is 4.80. The van der Waals surface area contributed by atoms with Gasteiger partial charge in [-0.2, -0.15) is 0 Å². The van der Waals surface area contributed by atoms with E-state index in [4.69, 9.17) is 19.4 Å². The van der Waals surface area contributed by atoms with Crippen LogP contribution in [0.1, 0.15) is 20.8 Å². The molecule has 3 aromatic rings. The lowest BCUT2D eigenvalue weighted by Gasteiger charge is -2.41. The minimum atomic E-state index is -0.614. The molecule has 174 valence electrons. The van der Waals surface area contributed by atoms with Crippen LogP contribution in [0.5, 0.6) is 5.75 Å². The van der Waals surface area contributed by atoms with Gasteiger partial charge < -0.3 is 19.5 Å². The molecule has 1 aliphatic rings. The van der Waals surface area contributed by atoms with E-state index in [0.29, 0.717) is 42.5 Å². The number of hydrogen-bond acceptors (Lipinski definition) is 9. The van der Waals surface area contributed by atoms with Gasteiger partial charge in [-0.25, -0.2) is 14.8 Å². The highest BCUT2D eigenvalue weighted by molar-refractivity contribution is 5.95. The maximum Gasteiger partial charge on any atom is 0.410 e. The molecule has 1 aliphatic heterocycles. The molecule has 1 fully saturated rings. The van der Waals surface area contributed by atoms with Crippen LogP contribution in [0.25, 0.3) is 22.3 Å². The number of methoxy groups -OCH3 is 1. The SMILES string of the molecule is COc1cncc2nc(-c3ccncc3)nc(N3CCN(C(=O)OC(C)(C)C)[C@@H](CO)C3)c12. The predicted molar refractivity (Wildman–Crippen MR) is 123 cm³/mol. The van der Waals surface area contributed by atoms with Crippen molar-refractivity contribution < 1.29 is 19.4 Å². The summed E-state index contributed by atoms with van der Waals surface area (Å²) < 4.78 is 11.1. The first kappa shape index (κ1) is 22.7. The largest absolute Gasteiger partial charge is 0.494 e. The van der Waals surface area contributed by atoms with Crippen LogP contribution in [0.4, 0.5) is 10.6 Å². The van der Waals surface area contributed by atoms with E-state index in [1.807, 2.05) is 37.8 Å². The van der Waals surface area contributed by atoms with Crippen molar-refractivity contribution >= 4 is 22.8 Å². The lowest BCUT2D eigenvalue weighted by Crippen LogP contribution is -2.57. The van der Waals surface area contributed by atoms with E-state index in [0.717, 1.165) is 10.9 Å². The highest BCUT2D eigenvalue weighted by Crippen LogP contribution is 2.34. The molecule has 0 bridgehead atoms. The second kappa shape index (κ2) is 9.14. The zero-order valence-corrected chi connectivity index (χ0v) is 19.2. The van der Waals surface area contributed by atoms with Crippen LogP contribution in [0.15, 0.2) is 36.9 Å². The molecule has 0 saturated carbocycles. The van der Waals surface area contributed by atoms with Crippen LogP contribution in [0.3, 0.4) is 0 Å². The summed E-state index contributed by atoms with van der Waals surface area (Å²) in [5, 5.41) is 10.8. The Morgan fingerprint density at radius 3 is 2.58 bits per heavy atom. The van der Waals surface area contributed by atoms with Gasteiger partial charge >= 0.3 is 6.09 Å². The fraction of sp³-hybridized carbons (Fsp3) is 0.435. The monoisotopic (exact) mass is 452 g/mol. The predicted octanol–water partition coefficient (Wildman–Crippen LogP) is 2.51. The van der Waals surface area contributed by atoms with Crippen molar-refractivity contribution in [2.75, 3.05) is 38.3 Å². The average molecular weight is 453 g/mol. The van der Waals surface area contributed by atoms with Gasteiger partial charge in [-0.3, -0.25) is 14.9 Å². The Labute approximate surface area is 192 Å². The fourth-order valence-corrected chi connectivity index (χ4v) is 3.81. The summed E-state index contributed by atoms with van der Waals surface area (Å²) in [5.74, 6) is 1.75. The van der Waals surface area contributed by atoms with E-state index in [9.17, 15) is 9.90 Å². The van der Waals surface area contributed by atoms with Crippen molar-refractivity contribution in [2.24, 2.45) is 0 Å². The van der Waals surface area contributed by atoms with Gasteiger partial charge in [-0.1, -0.05) is 0 Å². The van der Waals surface area contributed by atoms with Gasteiger partial charge in [0.05, 0.1) is 43.1 Å². The van der Waals surface area contributed by atoms with E-state index >= 15 is 0 Å². The maximum atomic E-state index is 12.7. The molecule has 4 heterocycles. The molecular weight excluding hydrogens is 424 g/mol. The highest BCUT2D eigenvalue weighted by Gasteiger charge is 2.34. The van der Waals surface area contributed by atoms with Gasteiger partial charge in [-0.15, -0.1) is 0 Å². The minimum absolute atomic E-state index is 0.200. The molecule has 4 rings (SSSR count). The Hall–Kier alpha value is -3.53. The number of piperazine rings is 1. The Bertz CT molecular complexity index is 1130. The minimum Gasteiger partial charge on any atom is -0.494 e. The van der Waals surface area contributed by atoms with Crippen LogP contribution in [-0.2, 0) is 4.74 Å². The first-order valence-electron chi connectivity index (χ1n) is 10.8. The lowest BCUT2D eigenvalue weighted by atomic mass is 10.1. The standard InChI is InChI=1S/C23H28N6O4/c1-23(2,3)33-22(31)29-10-9-28(13-16(29)14-30)21-19-17(11-25-12-18(19)32-4)26-20(27-21)15-5-7-24-8-6-15/h5-8,11-12,16,30H,9-10,13-14H2,1-4H3/t16-/m1/s1. The van der Waals surface area contributed by atoms with Gasteiger partial charge in [0.15, 0.2) is 5.82 Å². The van der Waals surface area contributed by atoms with Crippen molar-refractivity contribution in [3.8, 4) is 17.1 Å². The molecule has 0 aliphatic carbocycles. The van der Waals surface area contributed by atoms with Crippen LogP contribution >= 0.6 is 0 Å². The quantitative estimate of drug-likeness (QED) is 0.638. The molecule has 1 saturated heterocycles. The highest BCUT2D eigenvalue weighted by atomic mass is 16.6. The van der Waals surface area contributed by atoms with Crippen molar-refractivity contribution in [3.63, 3.8) is 0 Å². The van der Waals surface area contributed by atoms with Gasteiger partial charge in [0.1, 0.15) is 17.2 Å². The molecule has 1 amide bonds. The molecule has 3 aromatic heterocycles. The summed E-state index contributed by atoms with van der Waals surface area (Å²) in [5.41, 5.74) is 0.847. The molecule has 10 nitrogen and oxygen atoms in total. The van der Waals surface area contributed by atoms with Gasteiger partial charge in [0, 0.05) is 37.6 Å². The number of fused-ring (bicyclic) bond motifs is 1. The topological polar surface area (TPSA) is 114 Å². The van der Waals surface area contributed by atoms with Gasteiger partial charge in [0.25, 0.3) is 0 Å². The summed E-state index contributed by atoms with van der Waals surface area (Å²) >= 11 is 0. The Balaban J connectivity index is 1.73. The number of anilines is 1. The zero-order chi connectivity index (χ0) is 23.6. The first-order valence-corrected chi connectivity index (χ1v) is 10.8. The number of hydrogen-bond donors (Lipinski definition) is 1. The number of ether oxygens (including phenoxy) is 2. The first-order chi connectivity index (χ1) is 15.8. The van der Waals surface area contributed by atoms with Gasteiger partial charge in [-0.05, 0) is 32.9 Å². The Morgan fingerprint density at radius 2 is 1.91 bits per heavy atom. The number of nitrogens with zero attached hydrogens (tertiary/aromatic N) is 6.